The van der Waals surface area contributed by atoms with Crippen LogP contribution >= 0.6 is 0 Å². The van der Waals surface area contributed by atoms with Crippen LogP contribution in [0.3, 0.4) is 0 Å². The highest BCUT2D eigenvalue weighted by Crippen LogP contribution is 2.30. The molecule has 2 aromatic carbocycles. The van der Waals surface area contributed by atoms with Gasteiger partial charge in [0, 0.05) is 17.8 Å². The minimum absolute atomic E-state index is 0.0106. The lowest BCUT2D eigenvalue weighted by Crippen LogP contribution is -2.41. The number of carbonyl (C=O) groups is 1. The van der Waals surface area contributed by atoms with Gasteiger partial charge in [0.05, 0.1) is 6.04 Å². The fraction of sp³-hybridized carbons (Fsp3) is 0.286. The van der Waals surface area contributed by atoms with E-state index in [1.165, 1.54) is 0 Å². The third-order valence-electron chi connectivity index (χ3n) is 4.89. The maximum Gasteiger partial charge on any atom is 0.261 e. The molecule has 2 heterocycles. The Morgan fingerprint density at radius 2 is 2.04 bits per heavy atom. The monoisotopic (exact) mass is 377 g/mol. The molecular weight excluding hydrogens is 354 g/mol. The summed E-state index contributed by atoms with van der Waals surface area (Å²) in [6.45, 7) is 0.701. The zero-order valence-electron chi connectivity index (χ0n) is 15.5. The Labute approximate surface area is 163 Å². The number of piperidine rings is 1. The molecule has 1 aliphatic heterocycles. The minimum atomic E-state index is -0.122. The summed E-state index contributed by atoms with van der Waals surface area (Å²) in [7, 11) is 0. The van der Waals surface area contributed by atoms with Crippen LogP contribution in [0.25, 0.3) is 11.4 Å². The molecule has 1 amide bonds. The van der Waals surface area contributed by atoms with E-state index in [0.717, 1.165) is 24.8 Å². The van der Waals surface area contributed by atoms with Crippen molar-refractivity contribution in [3.05, 3.63) is 60.4 Å². The van der Waals surface area contributed by atoms with E-state index in [9.17, 15) is 4.79 Å². The van der Waals surface area contributed by atoms with Crippen molar-refractivity contribution in [2.75, 3.05) is 18.9 Å². The van der Waals surface area contributed by atoms with Gasteiger partial charge in [-0.2, -0.15) is 5.10 Å². The summed E-state index contributed by atoms with van der Waals surface area (Å²) < 4.78 is 5.64. The molecule has 0 radical (unpaired) electrons. The van der Waals surface area contributed by atoms with Crippen LogP contribution < -0.4 is 10.5 Å². The van der Waals surface area contributed by atoms with Gasteiger partial charge < -0.3 is 15.4 Å². The molecule has 0 unspecified atom stereocenters. The number of anilines is 1. The van der Waals surface area contributed by atoms with Crippen molar-refractivity contribution >= 4 is 11.6 Å². The molecule has 1 fully saturated rings. The molecule has 3 aromatic rings. The van der Waals surface area contributed by atoms with Crippen LogP contribution in [-0.4, -0.2) is 39.1 Å². The van der Waals surface area contributed by atoms with Crippen LogP contribution in [0, 0.1) is 0 Å². The van der Waals surface area contributed by atoms with Crippen LogP contribution in [0.1, 0.15) is 31.1 Å². The lowest BCUT2D eigenvalue weighted by molar-refractivity contribution is -0.137. The molecular formula is C21H23N5O2. The van der Waals surface area contributed by atoms with Crippen LogP contribution in [0.2, 0.25) is 0 Å². The molecule has 0 spiro atoms. The Morgan fingerprint density at radius 1 is 1.18 bits per heavy atom. The number of rotatable bonds is 5. The van der Waals surface area contributed by atoms with Crippen LogP contribution in [0.4, 0.5) is 5.69 Å². The molecule has 1 aliphatic rings. The van der Waals surface area contributed by atoms with Crippen molar-refractivity contribution in [1.82, 2.24) is 20.1 Å². The predicted octanol–water partition coefficient (Wildman–Crippen LogP) is 3.19. The quantitative estimate of drug-likeness (QED) is 0.666. The molecule has 28 heavy (non-hydrogen) atoms. The highest BCUT2D eigenvalue weighted by atomic mass is 16.5. The largest absolute Gasteiger partial charge is 0.484 e. The first-order chi connectivity index (χ1) is 13.7. The van der Waals surface area contributed by atoms with Gasteiger partial charge in [0.2, 0.25) is 0 Å². The zero-order valence-corrected chi connectivity index (χ0v) is 15.5. The molecule has 3 N–H and O–H groups in total. The average Bonchev–Trinajstić information content (AvgIpc) is 3.23. The number of para-hydroxylation sites is 1. The van der Waals surface area contributed by atoms with Gasteiger partial charge in [-0.3, -0.25) is 9.89 Å². The van der Waals surface area contributed by atoms with Crippen molar-refractivity contribution < 1.29 is 9.53 Å². The molecule has 4 rings (SSSR count). The van der Waals surface area contributed by atoms with Gasteiger partial charge in [0.1, 0.15) is 11.6 Å². The minimum Gasteiger partial charge on any atom is -0.484 e. The molecule has 7 heteroatoms. The predicted molar refractivity (Wildman–Crippen MR) is 106 cm³/mol. The van der Waals surface area contributed by atoms with Gasteiger partial charge in [-0.25, -0.2) is 4.98 Å². The van der Waals surface area contributed by atoms with Gasteiger partial charge >= 0.3 is 0 Å². The second kappa shape index (κ2) is 8.12. The normalized spacial score (nSPS) is 16.7. The molecule has 1 atom stereocenters. The zero-order chi connectivity index (χ0) is 19.3. The van der Waals surface area contributed by atoms with E-state index >= 15 is 0 Å². The summed E-state index contributed by atoms with van der Waals surface area (Å²) in [5, 5.41) is 7.34. The molecule has 7 nitrogen and oxygen atoms in total. The summed E-state index contributed by atoms with van der Waals surface area (Å²) >= 11 is 0. The number of hydrogen-bond acceptors (Lipinski definition) is 5. The lowest BCUT2D eigenvalue weighted by atomic mass is 10.0. The fourth-order valence-electron chi connectivity index (χ4n) is 3.49. The number of nitrogens with one attached hydrogen (secondary N) is 1. The standard InChI is InChI=1S/C21H23N5O2/c22-16-8-6-7-15(13-16)20-23-21(25-24-20)18-11-4-5-12-26(18)19(27)14-28-17-9-2-1-3-10-17/h1-3,6-10,13,18H,4-5,11-12,14,22H2,(H,23,24,25)/t18-/m1/s1. The highest BCUT2D eigenvalue weighted by Gasteiger charge is 2.30. The van der Waals surface area contributed by atoms with E-state index in [0.29, 0.717) is 29.6 Å². The first-order valence-electron chi connectivity index (χ1n) is 9.46. The third-order valence-corrected chi connectivity index (χ3v) is 4.89. The van der Waals surface area contributed by atoms with E-state index in [2.05, 4.69) is 15.2 Å². The number of nitrogens with zero attached hydrogens (tertiary/aromatic N) is 3. The maximum atomic E-state index is 12.8. The van der Waals surface area contributed by atoms with Gasteiger partial charge in [0.15, 0.2) is 12.4 Å². The number of nitrogens with two attached hydrogens (primary N) is 1. The van der Waals surface area contributed by atoms with Crippen LogP contribution in [-0.2, 0) is 4.79 Å². The number of aromatic amines is 1. The van der Waals surface area contributed by atoms with Gasteiger partial charge in [-0.15, -0.1) is 0 Å². The number of H-pyrrole nitrogens is 1. The van der Waals surface area contributed by atoms with Crippen LogP contribution in [0.15, 0.2) is 54.6 Å². The topological polar surface area (TPSA) is 97.1 Å². The molecule has 1 aromatic heterocycles. The molecule has 0 aliphatic carbocycles. The number of carbonyl (C=O) groups excluding carboxylic acids is 1. The van der Waals surface area contributed by atoms with Crippen LogP contribution in [0.5, 0.6) is 5.75 Å². The van der Waals surface area contributed by atoms with Gasteiger partial charge in [-0.05, 0) is 43.5 Å². The Hall–Kier alpha value is -3.35. The first kappa shape index (κ1) is 18.0. The van der Waals surface area contributed by atoms with Crippen molar-refractivity contribution in [3.8, 4) is 17.1 Å². The fourth-order valence-corrected chi connectivity index (χ4v) is 3.49. The Bertz CT molecular complexity index is 941. The van der Waals surface area contributed by atoms with Crippen molar-refractivity contribution in [1.29, 1.82) is 0 Å². The Morgan fingerprint density at radius 3 is 2.86 bits per heavy atom. The lowest BCUT2D eigenvalue weighted by Gasteiger charge is -2.34. The van der Waals surface area contributed by atoms with E-state index in [1.54, 1.807) is 0 Å². The number of amides is 1. The van der Waals surface area contributed by atoms with Crippen molar-refractivity contribution in [2.24, 2.45) is 0 Å². The van der Waals surface area contributed by atoms with E-state index < -0.39 is 0 Å². The summed E-state index contributed by atoms with van der Waals surface area (Å²) in [6, 6.07) is 16.7. The second-order valence-electron chi connectivity index (χ2n) is 6.87. The number of nitrogen functional groups attached to an aromatic ring is 1. The third kappa shape index (κ3) is 3.98. The highest BCUT2D eigenvalue weighted by molar-refractivity contribution is 5.78. The van der Waals surface area contributed by atoms with E-state index in [-0.39, 0.29) is 18.6 Å². The smallest absolute Gasteiger partial charge is 0.261 e. The number of likely N-dealkylation sites (tertiary alicyclic amines) is 1. The van der Waals surface area contributed by atoms with Gasteiger partial charge in [-0.1, -0.05) is 30.3 Å². The summed E-state index contributed by atoms with van der Waals surface area (Å²) in [5.74, 6) is 1.93. The average molecular weight is 377 g/mol. The number of ether oxygens (including phenoxy) is 1. The molecule has 1 saturated heterocycles. The Balaban J connectivity index is 1.48. The summed E-state index contributed by atoms with van der Waals surface area (Å²) in [4.78, 5) is 19.3. The SMILES string of the molecule is Nc1cccc(-c2n[nH]c([C@H]3CCCCN3C(=O)COc3ccccc3)n2)c1. The van der Waals surface area contributed by atoms with E-state index in [4.69, 9.17) is 10.5 Å². The van der Waals surface area contributed by atoms with Crippen molar-refractivity contribution in [3.63, 3.8) is 0 Å². The molecule has 0 bridgehead atoms. The first-order valence-corrected chi connectivity index (χ1v) is 9.46. The molecule has 0 saturated carbocycles. The van der Waals surface area contributed by atoms with Gasteiger partial charge in [0.25, 0.3) is 5.91 Å². The summed E-state index contributed by atoms with van der Waals surface area (Å²) in [5.41, 5.74) is 7.37. The maximum absolute atomic E-state index is 12.8. The van der Waals surface area contributed by atoms with E-state index in [1.807, 2.05) is 59.5 Å². The number of hydrogen-bond donors (Lipinski definition) is 2. The number of aromatic nitrogens is 3. The summed E-state index contributed by atoms with van der Waals surface area (Å²) in [6.07, 6.45) is 2.87. The second-order valence-corrected chi connectivity index (χ2v) is 6.87. The number of benzene rings is 2. The van der Waals surface area contributed by atoms with Crippen molar-refractivity contribution in [2.45, 2.75) is 25.3 Å². The molecule has 144 valence electrons. The Kier molecular flexibility index (Phi) is 5.23.